The lowest BCUT2D eigenvalue weighted by molar-refractivity contribution is -0.142. The van der Waals surface area contributed by atoms with Crippen molar-refractivity contribution in [3.05, 3.63) is 35.4 Å². The first kappa shape index (κ1) is 17.3. The van der Waals surface area contributed by atoms with Crippen LogP contribution < -0.4 is 0 Å². The number of hydrogen-bond acceptors (Lipinski definition) is 3. The van der Waals surface area contributed by atoms with Crippen molar-refractivity contribution in [2.75, 3.05) is 32.8 Å². The number of amides is 2. The number of aliphatic hydroxyl groups is 1. The zero-order chi connectivity index (χ0) is 17.0. The zero-order valence-electron chi connectivity index (χ0n) is 12.3. The SMILES string of the molecule is O=C(CO)N1CCN(C(=O)Cc2ccccc2C(F)(F)F)CC1. The maximum Gasteiger partial charge on any atom is 0.416 e. The number of aliphatic hydroxyl groups excluding tert-OH is 1. The van der Waals surface area contributed by atoms with Gasteiger partial charge in [-0.1, -0.05) is 18.2 Å². The van der Waals surface area contributed by atoms with E-state index in [4.69, 9.17) is 5.11 Å². The van der Waals surface area contributed by atoms with Crippen LogP contribution in [0.4, 0.5) is 13.2 Å². The van der Waals surface area contributed by atoms with E-state index in [2.05, 4.69) is 0 Å². The van der Waals surface area contributed by atoms with Gasteiger partial charge in [-0.2, -0.15) is 13.2 Å². The molecule has 23 heavy (non-hydrogen) atoms. The average molecular weight is 330 g/mol. The molecule has 0 unspecified atom stereocenters. The van der Waals surface area contributed by atoms with Crippen LogP contribution in [0.2, 0.25) is 0 Å². The number of alkyl halides is 3. The van der Waals surface area contributed by atoms with Crippen LogP contribution in [0.25, 0.3) is 0 Å². The van der Waals surface area contributed by atoms with E-state index in [0.717, 1.165) is 6.07 Å². The Hall–Kier alpha value is -2.09. The van der Waals surface area contributed by atoms with Crippen LogP contribution in [0.1, 0.15) is 11.1 Å². The highest BCUT2D eigenvalue weighted by atomic mass is 19.4. The van der Waals surface area contributed by atoms with Crippen molar-refractivity contribution in [2.45, 2.75) is 12.6 Å². The third-order valence-corrected chi connectivity index (χ3v) is 3.78. The number of benzene rings is 1. The van der Waals surface area contributed by atoms with Gasteiger partial charge in [0.05, 0.1) is 12.0 Å². The molecule has 0 aromatic heterocycles. The standard InChI is InChI=1S/C15H17F3N2O3/c16-15(17,18)12-4-2-1-3-11(12)9-13(22)19-5-7-20(8-6-19)14(23)10-21/h1-4,21H,5-10H2. The van der Waals surface area contributed by atoms with Gasteiger partial charge in [-0.3, -0.25) is 9.59 Å². The van der Waals surface area contributed by atoms with Gasteiger partial charge >= 0.3 is 6.18 Å². The van der Waals surface area contributed by atoms with Crippen molar-refractivity contribution in [1.29, 1.82) is 0 Å². The van der Waals surface area contributed by atoms with E-state index in [1.165, 1.54) is 28.0 Å². The van der Waals surface area contributed by atoms with Crippen molar-refractivity contribution in [3.63, 3.8) is 0 Å². The average Bonchev–Trinajstić information content (AvgIpc) is 2.53. The number of piperazine rings is 1. The van der Waals surface area contributed by atoms with E-state index < -0.39 is 30.2 Å². The summed E-state index contributed by atoms with van der Waals surface area (Å²) in [4.78, 5) is 26.4. The van der Waals surface area contributed by atoms with E-state index in [1.54, 1.807) is 0 Å². The summed E-state index contributed by atoms with van der Waals surface area (Å²) in [7, 11) is 0. The van der Waals surface area contributed by atoms with Gasteiger partial charge in [0.2, 0.25) is 11.8 Å². The molecule has 0 atom stereocenters. The predicted molar refractivity (Wildman–Crippen MR) is 75.4 cm³/mol. The molecule has 2 rings (SSSR count). The van der Waals surface area contributed by atoms with E-state index in [0.29, 0.717) is 0 Å². The minimum absolute atomic E-state index is 0.0566. The first-order chi connectivity index (χ1) is 10.8. The Kier molecular flexibility index (Phi) is 5.25. The first-order valence-corrected chi connectivity index (χ1v) is 7.14. The maximum atomic E-state index is 12.9. The lowest BCUT2D eigenvalue weighted by Crippen LogP contribution is -2.51. The monoisotopic (exact) mass is 330 g/mol. The van der Waals surface area contributed by atoms with Crippen LogP contribution in [0, 0.1) is 0 Å². The van der Waals surface area contributed by atoms with Crippen LogP contribution >= 0.6 is 0 Å². The molecule has 126 valence electrons. The van der Waals surface area contributed by atoms with Crippen molar-refractivity contribution >= 4 is 11.8 Å². The third-order valence-electron chi connectivity index (χ3n) is 3.78. The van der Waals surface area contributed by atoms with Crippen molar-refractivity contribution < 1.29 is 27.9 Å². The maximum absolute atomic E-state index is 12.9. The molecule has 0 saturated carbocycles. The molecule has 0 aliphatic carbocycles. The Morgan fingerprint density at radius 3 is 2.04 bits per heavy atom. The van der Waals surface area contributed by atoms with Gasteiger partial charge < -0.3 is 14.9 Å². The zero-order valence-corrected chi connectivity index (χ0v) is 12.3. The van der Waals surface area contributed by atoms with Crippen molar-refractivity contribution in [1.82, 2.24) is 9.80 Å². The summed E-state index contributed by atoms with van der Waals surface area (Å²) < 4.78 is 38.8. The van der Waals surface area contributed by atoms with E-state index in [-0.39, 0.29) is 38.2 Å². The van der Waals surface area contributed by atoms with Gasteiger partial charge in [0.25, 0.3) is 0 Å². The van der Waals surface area contributed by atoms with Crippen LogP contribution in [0.3, 0.4) is 0 Å². The molecule has 1 fully saturated rings. The molecular formula is C15H17F3N2O3. The summed E-state index contributed by atoms with van der Waals surface area (Å²) in [5.41, 5.74) is -0.860. The summed E-state index contributed by atoms with van der Waals surface area (Å²) in [6, 6.07) is 5.01. The van der Waals surface area contributed by atoms with Crippen molar-refractivity contribution in [2.24, 2.45) is 0 Å². The highest BCUT2D eigenvalue weighted by molar-refractivity contribution is 5.80. The van der Waals surface area contributed by atoms with Crippen LogP contribution in [-0.2, 0) is 22.2 Å². The second-order valence-corrected chi connectivity index (χ2v) is 5.25. The lowest BCUT2D eigenvalue weighted by atomic mass is 10.0. The van der Waals surface area contributed by atoms with E-state index >= 15 is 0 Å². The lowest BCUT2D eigenvalue weighted by Gasteiger charge is -2.34. The van der Waals surface area contributed by atoms with Crippen molar-refractivity contribution in [3.8, 4) is 0 Å². The molecule has 0 bridgehead atoms. The molecule has 1 N–H and O–H groups in total. The number of carbonyl (C=O) groups excluding carboxylic acids is 2. The third kappa shape index (κ3) is 4.22. The topological polar surface area (TPSA) is 60.9 Å². The molecule has 2 amide bonds. The van der Waals surface area contributed by atoms with E-state index in [9.17, 15) is 22.8 Å². The minimum atomic E-state index is -4.50. The summed E-state index contributed by atoms with van der Waals surface area (Å²) in [5.74, 6) is -0.822. The van der Waals surface area contributed by atoms with Gasteiger partial charge in [-0.05, 0) is 11.6 Å². The Balaban J connectivity index is 2.00. The van der Waals surface area contributed by atoms with Crippen LogP contribution in [0.15, 0.2) is 24.3 Å². The van der Waals surface area contributed by atoms with Gasteiger partial charge in [0.15, 0.2) is 0 Å². The fraction of sp³-hybridized carbons (Fsp3) is 0.467. The number of nitrogens with zero attached hydrogens (tertiary/aromatic N) is 2. The second kappa shape index (κ2) is 6.99. The number of rotatable bonds is 3. The Labute approximate surface area is 131 Å². The number of hydrogen-bond donors (Lipinski definition) is 1. The fourth-order valence-corrected chi connectivity index (χ4v) is 2.53. The molecule has 1 aliphatic heterocycles. The molecular weight excluding hydrogens is 313 g/mol. The second-order valence-electron chi connectivity index (χ2n) is 5.25. The molecule has 8 heteroatoms. The summed E-state index contributed by atoms with van der Waals surface area (Å²) in [6.07, 6.45) is -4.83. The highest BCUT2D eigenvalue weighted by Crippen LogP contribution is 2.32. The normalized spacial score (nSPS) is 15.7. The Morgan fingerprint density at radius 1 is 1.00 bits per heavy atom. The molecule has 1 saturated heterocycles. The molecule has 1 aliphatic rings. The molecule has 1 aromatic carbocycles. The van der Waals surface area contributed by atoms with E-state index in [1.807, 2.05) is 0 Å². The largest absolute Gasteiger partial charge is 0.416 e. The number of halogens is 3. The summed E-state index contributed by atoms with van der Waals surface area (Å²) in [6.45, 7) is 0.447. The number of carbonyl (C=O) groups is 2. The molecule has 1 heterocycles. The molecule has 0 spiro atoms. The van der Waals surface area contributed by atoms with Crippen LogP contribution in [0.5, 0.6) is 0 Å². The Bertz CT molecular complexity index is 582. The fourth-order valence-electron chi connectivity index (χ4n) is 2.53. The quantitative estimate of drug-likeness (QED) is 0.896. The van der Waals surface area contributed by atoms with Gasteiger partial charge in [-0.25, -0.2) is 0 Å². The molecule has 1 aromatic rings. The molecule has 5 nitrogen and oxygen atoms in total. The summed E-state index contributed by atoms with van der Waals surface area (Å²) in [5, 5.41) is 8.79. The predicted octanol–water partition coefficient (Wildman–Crippen LogP) is 0.911. The van der Waals surface area contributed by atoms with Gasteiger partial charge in [0, 0.05) is 26.2 Å². The van der Waals surface area contributed by atoms with Gasteiger partial charge in [-0.15, -0.1) is 0 Å². The first-order valence-electron chi connectivity index (χ1n) is 7.14. The smallest absolute Gasteiger partial charge is 0.387 e. The Morgan fingerprint density at radius 2 is 1.52 bits per heavy atom. The minimum Gasteiger partial charge on any atom is -0.387 e. The summed E-state index contributed by atoms with van der Waals surface area (Å²) >= 11 is 0. The van der Waals surface area contributed by atoms with Gasteiger partial charge in [0.1, 0.15) is 6.61 Å². The molecule has 0 radical (unpaired) electrons. The van der Waals surface area contributed by atoms with Crippen LogP contribution in [-0.4, -0.2) is 59.5 Å². The highest BCUT2D eigenvalue weighted by Gasteiger charge is 2.34.